The zero-order chi connectivity index (χ0) is 15.0. The zero-order valence-corrected chi connectivity index (χ0v) is 12.9. The molecule has 0 saturated heterocycles. The van der Waals surface area contributed by atoms with Gasteiger partial charge in [0.25, 0.3) is 0 Å². The molecule has 0 saturated carbocycles. The van der Waals surface area contributed by atoms with E-state index in [-0.39, 0.29) is 0 Å². The smallest absolute Gasteiger partial charge is 0.133 e. The molecule has 0 amide bonds. The van der Waals surface area contributed by atoms with Crippen LogP contribution >= 0.6 is 0 Å². The first-order chi connectivity index (χ1) is 10.0. The number of fused-ring (bicyclic) bond motifs is 1. The van der Waals surface area contributed by atoms with Crippen molar-refractivity contribution in [2.45, 2.75) is 40.2 Å². The average Bonchev–Trinajstić information content (AvgIpc) is 3.02. The number of benzene rings is 1. The number of anilines is 1. The Morgan fingerprint density at radius 2 is 2.00 bits per heavy atom. The predicted molar refractivity (Wildman–Crippen MR) is 85.7 cm³/mol. The summed E-state index contributed by atoms with van der Waals surface area (Å²) in [6.07, 6.45) is 0. The molecule has 4 nitrogen and oxygen atoms in total. The van der Waals surface area contributed by atoms with Gasteiger partial charge in [-0.15, -0.1) is 0 Å². The number of hydrogen-bond donors (Lipinski definition) is 2. The van der Waals surface area contributed by atoms with Crippen LogP contribution in [0.2, 0.25) is 0 Å². The summed E-state index contributed by atoms with van der Waals surface area (Å²) < 4.78 is 5.09. The fraction of sp³-hybridized carbons (Fsp3) is 0.353. The average molecular weight is 283 g/mol. The van der Waals surface area contributed by atoms with Crippen molar-refractivity contribution in [2.24, 2.45) is 0 Å². The highest BCUT2D eigenvalue weighted by Crippen LogP contribution is 2.27. The number of aryl methyl sites for hydroxylation is 2. The van der Waals surface area contributed by atoms with Crippen LogP contribution in [0.25, 0.3) is 10.9 Å². The second-order valence-electron chi connectivity index (χ2n) is 5.92. The molecule has 110 valence electrons. The van der Waals surface area contributed by atoms with Crippen LogP contribution in [-0.2, 0) is 6.54 Å². The van der Waals surface area contributed by atoms with Crippen LogP contribution in [0.4, 0.5) is 5.69 Å². The lowest BCUT2D eigenvalue weighted by Crippen LogP contribution is -2.01. The molecule has 0 atom stereocenters. The fourth-order valence-electron chi connectivity index (χ4n) is 2.51. The minimum Gasteiger partial charge on any atom is -0.379 e. The summed E-state index contributed by atoms with van der Waals surface area (Å²) in [5, 5.41) is 8.70. The van der Waals surface area contributed by atoms with Gasteiger partial charge in [0, 0.05) is 28.4 Å². The van der Waals surface area contributed by atoms with Crippen LogP contribution < -0.4 is 5.32 Å². The van der Waals surface area contributed by atoms with E-state index in [9.17, 15) is 0 Å². The van der Waals surface area contributed by atoms with Crippen LogP contribution in [0.15, 0.2) is 28.8 Å². The van der Waals surface area contributed by atoms with E-state index in [1.54, 1.807) is 0 Å². The minimum atomic E-state index is 0.507. The molecule has 0 unspecified atom stereocenters. The van der Waals surface area contributed by atoms with Gasteiger partial charge in [0.15, 0.2) is 0 Å². The Hall–Kier alpha value is -2.23. The summed E-state index contributed by atoms with van der Waals surface area (Å²) >= 11 is 0. The Morgan fingerprint density at radius 3 is 2.67 bits per heavy atom. The van der Waals surface area contributed by atoms with Crippen LogP contribution in [-0.4, -0.2) is 10.1 Å². The standard InChI is InChI=1S/C17H21N3O/c1-10(2)15-7-13-5-11(3)16(8-17(13)19-15)18-9-14-6-12(4)21-20-14/h5-8,10,18-19H,9H2,1-4H3. The Balaban J connectivity index is 1.86. The second kappa shape index (κ2) is 5.28. The van der Waals surface area contributed by atoms with Crippen LogP contribution in [0.1, 0.15) is 42.5 Å². The lowest BCUT2D eigenvalue weighted by atomic mass is 10.1. The first kappa shape index (κ1) is 13.7. The fourth-order valence-corrected chi connectivity index (χ4v) is 2.51. The van der Waals surface area contributed by atoms with Crippen LogP contribution in [0, 0.1) is 13.8 Å². The van der Waals surface area contributed by atoms with Crippen molar-refractivity contribution < 1.29 is 4.52 Å². The van der Waals surface area contributed by atoms with Crippen molar-refractivity contribution in [1.82, 2.24) is 10.1 Å². The molecule has 0 aliphatic rings. The van der Waals surface area contributed by atoms with Crippen molar-refractivity contribution >= 4 is 16.6 Å². The molecule has 0 aliphatic heterocycles. The van der Waals surface area contributed by atoms with E-state index in [0.717, 1.165) is 17.1 Å². The monoisotopic (exact) mass is 283 g/mol. The third-order valence-corrected chi connectivity index (χ3v) is 3.75. The van der Waals surface area contributed by atoms with E-state index < -0.39 is 0 Å². The van der Waals surface area contributed by atoms with Gasteiger partial charge < -0.3 is 14.8 Å². The molecule has 2 aromatic heterocycles. The first-order valence-electron chi connectivity index (χ1n) is 7.32. The van der Waals surface area contributed by atoms with E-state index in [0.29, 0.717) is 12.5 Å². The molecular weight excluding hydrogens is 262 g/mol. The molecule has 0 radical (unpaired) electrons. The molecule has 3 aromatic rings. The van der Waals surface area contributed by atoms with E-state index in [2.05, 4.69) is 54.4 Å². The number of nitrogens with one attached hydrogen (secondary N) is 2. The molecule has 0 aliphatic carbocycles. The number of rotatable bonds is 4. The zero-order valence-electron chi connectivity index (χ0n) is 12.9. The molecule has 0 fully saturated rings. The van der Waals surface area contributed by atoms with E-state index in [1.807, 2.05) is 13.0 Å². The SMILES string of the molecule is Cc1cc(CNc2cc3[nH]c(C(C)C)cc3cc2C)no1. The van der Waals surface area contributed by atoms with Crippen molar-refractivity contribution in [3.8, 4) is 0 Å². The van der Waals surface area contributed by atoms with E-state index in [4.69, 9.17) is 4.52 Å². The third-order valence-electron chi connectivity index (χ3n) is 3.75. The van der Waals surface area contributed by atoms with Crippen LogP contribution in [0.3, 0.4) is 0 Å². The predicted octanol–water partition coefficient (Wildman–Crippen LogP) is 4.51. The molecule has 0 bridgehead atoms. The summed E-state index contributed by atoms with van der Waals surface area (Å²) in [7, 11) is 0. The number of hydrogen-bond acceptors (Lipinski definition) is 3. The molecule has 1 aromatic carbocycles. The topological polar surface area (TPSA) is 53.9 Å². The highest BCUT2D eigenvalue weighted by molar-refractivity contribution is 5.85. The molecule has 0 spiro atoms. The Kier molecular flexibility index (Phi) is 3.45. The van der Waals surface area contributed by atoms with Crippen LogP contribution in [0.5, 0.6) is 0 Å². The van der Waals surface area contributed by atoms with Gasteiger partial charge in [0.2, 0.25) is 0 Å². The van der Waals surface area contributed by atoms with Gasteiger partial charge in [-0.05, 0) is 43.5 Å². The normalized spacial score (nSPS) is 11.5. The summed E-state index contributed by atoms with van der Waals surface area (Å²) in [4.78, 5) is 3.49. The summed E-state index contributed by atoms with van der Waals surface area (Å²) in [6.45, 7) is 9.09. The van der Waals surface area contributed by atoms with E-state index >= 15 is 0 Å². The second-order valence-corrected chi connectivity index (χ2v) is 5.92. The summed E-state index contributed by atoms with van der Waals surface area (Å²) in [5.74, 6) is 1.34. The largest absolute Gasteiger partial charge is 0.379 e. The summed E-state index contributed by atoms with van der Waals surface area (Å²) in [6, 6.07) is 8.57. The first-order valence-corrected chi connectivity index (χ1v) is 7.32. The highest BCUT2D eigenvalue weighted by Gasteiger charge is 2.08. The van der Waals surface area contributed by atoms with Crippen molar-refractivity contribution in [3.05, 3.63) is 47.0 Å². The molecule has 3 rings (SSSR count). The molecule has 2 heterocycles. The molecule has 2 N–H and O–H groups in total. The van der Waals surface area contributed by atoms with Crippen molar-refractivity contribution in [3.63, 3.8) is 0 Å². The van der Waals surface area contributed by atoms with Gasteiger partial charge in [-0.1, -0.05) is 19.0 Å². The maximum absolute atomic E-state index is 5.09. The lowest BCUT2D eigenvalue weighted by molar-refractivity contribution is 0.391. The quantitative estimate of drug-likeness (QED) is 0.740. The van der Waals surface area contributed by atoms with E-state index in [1.165, 1.54) is 22.2 Å². The Morgan fingerprint density at radius 1 is 1.19 bits per heavy atom. The van der Waals surface area contributed by atoms with Gasteiger partial charge in [-0.25, -0.2) is 0 Å². The lowest BCUT2D eigenvalue weighted by Gasteiger charge is -2.08. The van der Waals surface area contributed by atoms with Gasteiger partial charge in [0.05, 0.1) is 6.54 Å². The van der Waals surface area contributed by atoms with Gasteiger partial charge >= 0.3 is 0 Å². The third kappa shape index (κ3) is 2.79. The molecule has 21 heavy (non-hydrogen) atoms. The number of nitrogens with zero attached hydrogens (tertiary/aromatic N) is 1. The van der Waals surface area contributed by atoms with Gasteiger partial charge in [-0.2, -0.15) is 0 Å². The Bertz CT molecular complexity index is 768. The number of aromatic amines is 1. The number of aromatic nitrogens is 2. The minimum absolute atomic E-state index is 0.507. The number of H-pyrrole nitrogens is 1. The molecule has 4 heteroatoms. The van der Waals surface area contributed by atoms with Crippen molar-refractivity contribution in [2.75, 3.05) is 5.32 Å². The maximum Gasteiger partial charge on any atom is 0.133 e. The molecular formula is C17H21N3O. The van der Waals surface area contributed by atoms with Crippen molar-refractivity contribution in [1.29, 1.82) is 0 Å². The highest BCUT2D eigenvalue weighted by atomic mass is 16.5. The maximum atomic E-state index is 5.09. The van der Waals surface area contributed by atoms with Gasteiger partial charge in [0.1, 0.15) is 11.5 Å². The Labute approximate surface area is 124 Å². The summed E-state index contributed by atoms with van der Waals surface area (Å²) in [5.41, 5.74) is 5.72. The van der Waals surface area contributed by atoms with Gasteiger partial charge in [-0.3, -0.25) is 0 Å².